The van der Waals surface area contributed by atoms with Crippen LogP contribution in [0.4, 0.5) is 13.2 Å². The molecule has 1 fully saturated rings. The smallest absolute Gasteiger partial charge is 0.416 e. The molecule has 1 aromatic carbocycles. The van der Waals surface area contributed by atoms with Crippen molar-refractivity contribution in [3.05, 3.63) is 53.5 Å². The second-order valence-electron chi connectivity index (χ2n) is 6.15. The van der Waals surface area contributed by atoms with E-state index in [1.165, 1.54) is 30.2 Å². The third kappa shape index (κ3) is 3.86. The summed E-state index contributed by atoms with van der Waals surface area (Å²) in [6.45, 7) is 1.50. The second kappa shape index (κ2) is 7.01. The number of rotatable bonds is 3. The number of hydrogen-bond acceptors (Lipinski definition) is 4. The Balaban J connectivity index is 1.77. The van der Waals surface area contributed by atoms with Crippen LogP contribution >= 0.6 is 0 Å². The molecule has 1 amide bonds. The van der Waals surface area contributed by atoms with Crippen LogP contribution in [-0.4, -0.2) is 49.7 Å². The van der Waals surface area contributed by atoms with Gasteiger partial charge in [-0.2, -0.15) is 17.5 Å². The van der Waals surface area contributed by atoms with Gasteiger partial charge in [0, 0.05) is 26.2 Å². The van der Waals surface area contributed by atoms with E-state index < -0.39 is 26.7 Å². The fourth-order valence-electron chi connectivity index (χ4n) is 2.90. The molecule has 2 aromatic rings. The minimum absolute atomic E-state index is 0.00991. The molecular formula is C17H17F3N2O4S. The highest BCUT2D eigenvalue weighted by atomic mass is 32.2. The van der Waals surface area contributed by atoms with Crippen LogP contribution in [0.1, 0.15) is 21.7 Å². The van der Waals surface area contributed by atoms with Crippen LogP contribution in [0.25, 0.3) is 0 Å². The minimum atomic E-state index is -4.64. The zero-order valence-electron chi connectivity index (χ0n) is 14.4. The van der Waals surface area contributed by atoms with Gasteiger partial charge in [-0.15, -0.1) is 0 Å². The lowest BCUT2D eigenvalue weighted by atomic mass is 10.1. The topological polar surface area (TPSA) is 70.8 Å². The van der Waals surface area contributed by atoms with E-state index in [-0.39, 0.29) is 43.4 Å². The number of hydrogen-bond donors (Lipinski definition) is 0. The van der Waals surface area contributed by atoms with Gasteiger partial charge in [-0.1, -0.05) is 6.07 Å². The second-order valence-corrected chi connectivity index (χ2v) is 8.09. The van der Waals surface area contributed by atoms with Gasteiger partial charge < -0.3 is 9.32 Å². The summed E-state index contributed by atoms with van der Waals surface area (Å²) in [7, 11) is -4.09. The molecule has 0 atom stereocenters. The standard InChI is InChI=1S/C17H17F3N2O4S/c1-12-4-5-13(11-14(12)17(18,19)20)27(24,25)22-8-6-21(7-9-22)16(23)15-3-2-10-26-15/h2-5,10-11H,6-9H2,1H3. The highest BCUT2D eigenvalue weighted by Crippen LogP contribution is 2.34. The fraction of sp³-hybridized carbons (Fsp3) is 0.353. The van der Waals surface area contributed by atoms with Gasteiger partial charge in [0.1, 0.15) is 0 Å². The molecule has 0 radical (unpaired) electrons. The molecule has 3 rings (SSSR count). The monoisotopic (exact) mass is 402 g/mol. The molecule has 0 unspecified atom stereocenters. The van der Waals surface area contributed by atoms with E-state index in [2.05, 4.69) is 0 Å². The largest absolute Gasteiger partial charge is 0.459 e. The number of aryl methyl sites for hydroxylation is 1. The first kappa shape index (κ1) is 19.4. The highest BCUT2D eigenvalue weighted by Gasteiger charge is 2.36. The number of amides is 1. The van der Waals surface area contributed by atoms with Crippen LogP contribution < -0.4 is 0 Å². The van der Waals surface area contributed by atoms with Crippen molar-refractivity contribution in [2.75, 3.05) is 26.2 Å². The quantitative estimate of drug-likeness (QED) is 0.792. The Morgan fingerprint density at radius 3 is 2.33 bits per heavy atom. The molecule has 1 aliphatic heterocycles. The summed E-state index contributed by atoms with van der Waals surface area (Å²) in [6, 6.07) is 6.05. The van der Waals surface area contributed by atoms with Crippen molar-refractivity contribution in [2.45, 2.75) is 18.0 Å². The maximum Gasteiger partial charge on any atom is 0.416 e. The van der Waals surface area contributed by atoms with Gasteiger partial charge in [0.2, 0.25) is 10.0 Å². The van der Waals surface area contributed by atoms with Crippen molar-refractivity contribution in [3.8, 4) is 0 Å². The first-order valence-corrected chi connectivity index (χ1v) is 9.55. The van der Waals surface area contributed by atoms with Gasteiger partial charge in [-0.3, -0.25) is 4.79 Å². The molecule has 1 aromatic heterocycles. The first-order chi connectivity index (χ1) is 12.6. The number of halogens is 3. The van der Waals surface area contributed by atoms with E-state index in [1.807, 2.05) is 0 Å². The minimum Gasteiger partial charge on any atom is -0.459 e. The Labute approximate surface area is 154 Å². The van der Waals surface area contributed by atoms with E-state index in [1.54, 1.807) is 6.07 Å². The summed E-state index contributed by atoms with van der Waals surface area (Å²) in [5.41, 5.74) is -1.02. The number of benzene rings is 1. The van der Waals surface area contributed by atoms with Crippen molar-refractivity contribution in [1.82, 2.24) is 9.21 Å². The van der Waals surface area contributed by atoms with E-state index in [0.29, 0.717) is 6.07 Å². The van der Waals surface area contributed by atoms with Gasteiger partial charge in [0.25, 0.3) is 5.91 Å². The fourth-order valence-corrected chi connectivity index (χ4v) is 4.35. The van der Waals surface area contributed by atoms with Gasteiger partial charge in [0.05, 0.1) is 16.7 Å². The third-order valence-corrected chi connectivity index (χ3v) is 6.30. The van der Waals surface area contributed by atoms with Crippen LogP contribution in [0.5, 0.6) is 0 Å². The van der Waals surface area contributed by atoms with Crippen LogP contribution in [0.2, 0.25) is 0 Å². The predicted octanol–water partition coefficient (Wildman–Crippen LogP) is 2.75. The number of carbonyl (C=O) groups is 1. The van der Waals surface area contributed by atoms with Gasteiger partial charge >= 0.3 is 6.18 Å². The zero-order valence-corrected chi connectivity index (χ0v) is 15.2. The first-order valence-electron chi connectivity index (χ1n) is 8.11. The summed E-state index contributed by atoms with van der Waals surface area (Å²) in [6.07, 6.45) is -3.27. The molecule has 6 nitrogen and oxygen atoms in total. The number of furan rings is 1. The van der Waals surface area contributed by atoms with Crippen LogP contribution in [0, 0.1) is 6.92 Å². The average molecular weight is 402 g/mol. The lowest BCUT2D eigenvalue weighted by Gasteiger charge is -2.33. The number of carbonyl (C=O) groups excluding carboxylic acids is 1. The van der Waals surface area contributed by atoms with Gasteiger partial charge in [-0.25, -0.2) is 8.42 Å². The molecule has 2 heterocycles. The molecule has 27 heavy (non-hydrogen) atoms. The molecule has 1 saturated heterocycles. The van der Waals surface area contributed by atoms with Crippen LogP contribution in [0.15, 0.2) is 45.9 Å². The third-order valence-electron chi connectivity index (χ3n) is 4.41. The van der Waals surface area contributed by atoms with Crippen molar-refractivity contribution in [3.63, 3.8) is 0 Å². The summed E-state index contributed by atoms with van der Waals surface area (Å²) < 4.78 is 70.8. The Hall–Kier alpha value is -2.33. The van der Waals surface area contributed by atoms with Crippen LogP contribution in [0.3, 0.4) is 0 Å². The molecular weight excluding hydrogens is 385 g/mol. The summed E-state index contributed by atoms with van der Waals surface area (Å²) >= 11 is 0. The summed E-state index contributed by atoms with van der Waals surface area (Å²) in [5, 5.41) is 0. The molecule has 10 heteroatoms. The Kier molecular flexibility index (Phi) is 5.04. The van der Waals surface area contributed by atoms with E-state index in [4.69, 9.17) is 4.42 Å². The Morgan fingerprint density at radius 2 is 1.78 bits per heavy atom. The van der Waals surface area contributed by atoms with Crippen molar-refractivity contribution in [1.29, 1.82) is 0 Å². The SMILES string of the molecule is Cc1ccc(S(=O)(=O)N2CCN(C(=O)c3ccco3)CC2)cc1C(F)(F)F. The zero-order chi connectivity index (χ0) is 19.8. The van der Waals surface area contributed by atoms with E-state index in [9.17, 15) is 26.4 Å². The van der Waals surface area contributed by atoms with E-state index in [0.717, 1.165) is 10.4 Å². The van der Waals surface area contributed by atoms with Crippen LogP contribution in [-0.2, 0) is 16.2 Å². The highest BCUT2D eigenvalue weighted by molar-refractivity contribution is 7.89. The Bertz CT molecular complexity index is 932. The lowest BCUT2D eigenvalue weighted by Crippen LogP contribution is -2.50. The van der Waals surface area contributed by atoms with Crippen molar-refractivity contribution >= 4 is 15.9 Å². The lowest BCUT2D eigenvalue weighted by molar-refractivity contribution is -0.138. The number of alkyl halides is 3. The molecule has 1 aliphatic rings. The predicted molar refractivity (Wildman–Crippen MR) is 89.6 cm³/mol. The maximum absolute atomic E-state index is 13.1. The molecule has 0 bridgehead atoms. The van der Waals surface area contributed by atoms with Gasteiger partial charge in [0.15, 0.2) is 5.76 Å². The summed E-state index contributed by atoms with van der Waals surface area (Å²) in [4.78, 5) is 13.3. The average Bonchev–Trinajstić information content (AvgIpc) is 3.15. The Morgan fingerprint density at radius 1 is 1.11 bits per heavy atom. The molecule has 0 saturated carbocycles. The van der Waals surface area contributed by atoms with Crippen molar-refractivity contribution in [2.24, 2.45) is 0 Å². The maximum atomic E-state index is 13.1. The van der Waals surface area contributed by atoms with E-state index >= 15 is 0 Å². The molecule has 0 N–H and O–H groups in total. The number of nitrogens with zero attached hydrogens (tertiary/aromatic N) is 2. The normalized spacial score (nSPS) is 16.5. The molecule has 0 spiro atoms. The summed E-state index contributed by atoms with van der Waals surface area (Å²) in [5.74, 6) is -0.202. The van der Waals surface area contributed by atoms with Crippen molar-refractivity contribution < 1.29 is 30.8 Å². The van der Waals surface area contributed by atoms with Gasteiger partial charge in [-0.05, 0) is 36.8 Å². The number of piperazine rings is 1. The molecule has 146 valence electrons. The number of sulfonamides is 1. The molecule has 0 aliphatic carbocycles.